The second-order valence-electron chi connectivity index (χ2n) is 2.54. The van der Waals surface area contributed by atoms with Crippen molar-refractivity contribution in [3.63, 3.8) is 0 Å². The summed E-state index contributed by atoms with van der Waals surface area (Å²) in [6.07, 6.45) is 1.78. The molecular weight excluding hydrogens is 174 g/mol. The van der Waals surface area contributed by atoms with Crippen molar-refractivity contribution in [1.82, 2.24) is 10.3 Å². The van der Waals surface area contributed by atoms with Crippen LogP contribution in [-0.2, 0) is 0 Å². The number of carbonyl (C=O) groups is 1. The minimum absolute atomic E-state index is 0.0961. The molecule has 0 spiro atoms. The molecule has 0 saturated carbocycles. The van der Waals surface area contributed by atoms with Gasteiger partial charge < -0.3 is 11.1 Å². The van der Waals surface area contributed by atoms with Crippen LogP contribution in [0, 0.1) is 6.92 Å². The number of thiazole rings is 1. The summed E-state index contributed by atoms with van der Waals surface area (Å²) in [5.74, 6) is 0. The topological polar surface area (TPSA) is 68.0 Å². The van der Waals surface area contributed by atoms with E-state index in [-0.39, 0.29) is 6.04 Å². The predicted molar refractivity (Wildman–Crippen MR) is 48.0 cm³/mol. The van der Waals surface area contributed by atoms with Crippen LogP contribution in [0.5, 0.6) is 0 Å². The summed E-state index contributed by atoms with van der Waals surface area (Å²) >= 11 is 1.56. The first-order valence-electron chi connectivity index (χ1n) is 3.58. The highest BCUT2D eigenvalue weighted by molar-refractivity contribution is 7.11. The van der Waals surface area contributed by atoms with Gasteiger partial charge >= 0.3 is 6.03 Å². The smallest absolute Gasteiger partial charge is 0.312 e. The van der Waals surface area contributed by atoms with Crippen molar-refractivity contribution < 1.29 is 4.79 Å². The van der Waals surface area contributed by atoms with Crippen molar-refractivity contribution >= 4 is 17.4 Å². The molecule has 0 aromatic carbocycles. The van der Waals surface area contributed by atoms with E-state index in [1.54, 1.807) is 17.5 Å². The number of aryl methyl sites for hydroxylation is 1. The van der Waals surface area contributed by atoms with Crippen LogP contribution in [0.3, 0.4) is 0 Å². The first kappa shape index (κ1) is 8.99. The second kappa shape index (κ2) is 3.53. The van der Waals surface area contributed by atoms with Crippen molar-refractivity contribution in [1.29, 1.82) is 0 Å². The minimum Gasteiger partial charge on any atom is -0.352 e. The highest BCUT2D eigenvalue weighted by Gasteiger charge is 2.09. The molecule has 5 heteroatoms. The van der Waals surface area contributed by atoms with E-state index in [1.165, 1.54) is 0 Å². The lowest BCUT2D eigenvalue weighted by Gasteiger charge is -2.07. The van der Waals surface area contributed by atoms with Crippen molar-refractivity contribution in [3.05, 3.63) is 16.1 Å². The maximum Gasteiger partial charge on any atom is 0.312 e. The summed E-state index contributed by atoms with van der Waals surface area (Å²) < 4.78 is 0. The van der Waals surface area contributed by atoms with Gasteiger partial charge in [-0.1, -0.05) is 0 Å². The van der Waals surface area contributed by atoms with Gasteiger partial charge in [0.25, 0.3) is 0 Å². The van der Waals surface area contributed by atoms with Gasteiger partial charge in [-0.05, 0) is 13.8 Å². The Balaban J connectivity index is 2.64. The molecule has 0 saturated heterocycles. The van der Waals surface area contributed by atoms with Gasteiger partial charge in [-0.15, -0.1) is 11.3 Å². The van der Waals surface area contributed by atoms with Crippen molar-refractivity contribution in [2.75, 3.05) is 0 Å². The highest BCUT2D eigenvalue weighted by Crippen LogP contribution is 2.18. The van der Waals surface area contributed by atoms with E-state index < -0.39 is 6.03 Å². The molecule has 1 heterocycles. The number of nitrogens with zero attached hydrogens (tertiary/aromatic N) is 1. The summed E-state index contributed by atoms with van der Waals surface area (Å²) in [4.78, 5) is 15.7. The lowest BCUT2D eigenvalue weighted by Crippen LogP contribution is -2.31. The third-order valence-corrected chi connectivity index (χ3v) is 2.46. The molecule has 0 bridgehead atoms. The van der Waals surface area contributed by atoms with E-state index in [0.29, 0.717) is 0 Å². The molecule has 1 aromatic heterocycles. The molecule has 0 aliphatic heterocycles. The molecule has 0 radical (unpaired) electrons. The Bertz CT molecular complexity index is 284. The lowest BCUT2D eigenvalue weighted by molar-refractivity contribution is 0.246. The number of hydrogen-bond acceptors (Lipinski definition) is 3. The van der Waals surface area contributed by atoms with Gasteiger partial charge in [-0.2, -0.15) is 0 Å². The molecule has 0 fully saturated rings. The van der Waals surface area contributed by atoms with Crippen LogP contribution in [0.1, 0.15) is 22.9 Å². The largest absolute Gasteiger partial charge is 0.352 e. The Morgan fingerprint density at radius 3 is 2.92 bits per heavy atom. The van der Waals surface area contributed by atoms with E-state index >= 15 is 0 Å². The number of amides is 2. The van der Waals surface area contributed by atoms with Crippen LogP contribution in [0.15, 0.2) is 6.20 Å². The molecule has 0 aliphatic rings. The first-order valence-corrected chi connectivity index (χ1v) is 4.39. The predicted octanol–water partition coefficient (Wildman–Crippen LogP) is 1.18. The molecule has 4 nitrogen and oxygen atoms in total. The first-order chi connectivity index (χ1) is 5.59. The quantitative estimate of drug-likeness (QED) is 0.726. The Morgan fingerprint density at radius 1 is 1.83 bits per heavy atom. The lowest BCUT2D eigenvalue weighted by atomic mass is 10.4. The fourth-order valence-corrected chi connectivity index (χ4v) is 1.62. The summed E-state index contributed by atoms with van der Waals surface area (Å²) in [7, 11) is 0. The number of urea groups is 1. The molecule has 66 valence electrons. The summed E-state index contributed by atoms with van der Waals surface area (Å²) in [5.41, 5.74) is 4.96. The maximum absolute atomic E-state index is 10.5. The molecule has 0 aliphatic carbocycles. The Morgan fingerprint density at radius 2 is 2.50 bits per heavy atom. The van der Waals surface area contributed by atoms with Gasteiger partial charge in [-0.25, -0.2) is 9.78 Å². The normalized spacial score (nSPS) is 12.5. The van der Waals surface area contributed by atoms with Crippen molar-refractivity contribution in [2.24, 2.45) is 5.73 Å². The third kappa shape index (κ3) is 2.20. The van der Waals surface area contributed by atoms with E-state index in [4.69, 9.17) is 5.73 Å². The summed E-state index contributed by atoms with van der Waals surface area (Å²) in [6.45, 7) is 3.82. The number of aromatic nitrogens is 1. The van der Waals surface area contributed by atoms with Crippen molar-refractivity contribution in [2.45, 2.75) is 19.9 Å². The molecule has 12 heavy (non-hydrogen) atoms. The van der Waals surface area contributed by atoms with Crippen LogP contribution in [0.2, 0.25) is 0 Å². The monoisotopic (exact) mass is 185 g/mol. The zero-order valence-corrected chi connectivity index (χ0v) is 7.81. The van der Waals surface area contributed by atoms with E-state index in [9.17, 15) is 4.79 Å². The molecule has 2 amide bonds. The second-order valence-corrected chi connectivity index (χ2v) is 3.81. The van der Waals surface area contributed by atoms with Crippen LogP contribution in [-0.4, -0.2) is 11.0 Å². The molecule has 3 N–H and O–H groups in total. The maximum atomic E-state index is 10.5. The van der Waals surface area contributed by atoms with Gasteiger partial charge in [0, 0.05) is 11.1 Å². The van der Waals surface area contributed by atoms with Crippen LogP contribution in [0.4, 0.5) is 4.79 Å². The molecule has 1 atom stereocenters. The zero-order valence-electron chi connectivity index (χ0n) is 7.00. The summed E-state index contributed by atoms with van der Waals surface area (Å²) in [6, 6.07) is -0.614. The van der Waals surface area contributed by atoms with E-state index in [2.05, 4.69) is 10.3 Å². The fraction of sp³-hybridized carbons (Fsp3) is 0.429. The van der Waals surface area contributed by atoms with Crippen LogP contribution < -0.4 is 11.1 Å². The average molecular weight is 185 g/mol. The Hall–Kier alpha value is -1.10. The number of nitrogens with one attached hydrogen (secondary N) is 1. The van der Waals surface area contributed by atoms with Gasteiger partial charge in [0.05, 0.1) is 6.04 Å². The standard InChI is InChI=1S/C7H11N3OS/c1-4-3-9-6(12-4)5(2)10-7(8)11/h3,5H,1-2H3,(H3,8,10,11). The van der Waals surface area contributed by atoms with E-state index in [0.717, 1.165) is 9.88 Å². The van der Waals surface area contributed by atoms with Crippen LogP contribution in [0.25, 0.3) is 0 Å². The van der Waals surface area contributed by atoms with Crippen LogP contribution >= 0.6 is 11.3 Å². The number of carbonyl (C=O) groups excluding carboxylic acids is 1. The average Bonchev–Trinajstić information content (AvgIpc) is 2.34. The molecule has 1 aromatic rings. The van der Waals surface area contributed by atoms with Gasteiger partial charge in [0.15, 0.2) is 0 Å². The zero-order chi connectivity index (χ0) is 9.14. The molecular formula is C7H11N3OS. The fourth-order valence-electron chi connectivity index (χ4n) is 0.847. The minimum atomic E-state index is -0.518. The van der Waals surface area contributed by atoms with Gasteiger partial charge in [-0.3, -0.25) is 0 Å². The number of nitrogens with two attached hydrogens (primary N) is 1. The summed E-state index contributed by atoms with van der Waals surface area (Å²) in [5, 5.41) is 3.44. The van der Waals surface area contributed by atoms with E-state index in [1.807, 2.05) is 13.8 Å². The number of hydrogen-bond donors (Lipinski definition) is 2. The SMILES string of the molecule is Cc1cnc(C(C)NC(N)=O)s1. The Kier molecular flexibility index (Phi) is 2.65. The number of primary amides is 1. The van der Waals surface area contributed by atoms with Gasteiger partial charge in [0.1, 0.15) is 5.01 Å². The molecule has 1 unspecified atom stereocenters. The molecule has 1 rings (SSSR count). The number of rotatable bonds is 2. The van der Waals surface area contributed by atoms with Crippen molar-refractivity contribution in [3.8, 4) is 0 Å². The highest BCUT2D eigenvalue weighted by atomic mass is 32.1. The van der Waals surface area contributed by atoms with Gasteiger partial charge in [0.2, 0.25) is 0 Å². The third-order valence-electron chi connectivity index (χ3n) is 1.37. The Labute approximate surface area is 74.8 Å².